The van der Waals surface area contributed by atoms with Gasteiger partial charge in [0.25, 0.3) is 0 Å². The molecule has 1 fully saturated rings. The molecule has 6 nitrogen and oxygen atoms in total. The molecule has 1 aliphatic rings. The van der Waals surface area contributed by atoms with Gasteiger partial charge in [0.2, 0.25) is 0 Å². The summed E-state index contributed by atoms with van der Waals surface area (Å²) in [6, 6.07) is 5.89. The van der Waals surface area contributed by atoms with Crippen molar-refractivity contribution in [3.8, 4) is 11.3 Å². The second-order valence-electron chi connectivity index (χ2n) is 6.12. The maximum atomic E-state index is 4.78. The van der Waals surface area contributed by atoms with Gasteiger partial charge in [0.15, 0.2) is 5.82 Å². The predicted octanol–water partition coefficient (Wildman–Crippen LogP) is 2.50. The van der Waals surface area contributed by atoms with E-state index in [9.17, 15) is 0 Å². The van der Waals surface area contributed by atoms with Crippen LogP contribution in [0, 0.1) is 5.92 Å². The van der Waals surface area contributed by atoms with E-state index in [0.717, 1.165) is 47.7 Å². The number of nitrogens with one attached hydrogen (secondary N) is 2. The van der Waals surface area contributed by atoms with Crippen LogP contribution in [0.15, 0.2) is 43.0 Å². The molecular formula is C18H20N6. The van der Waals surface area contributed by atoms with Gasteiger partial charge in [-0.05, 0) is 50.0 Å². The summed E-state index contributed by atoms with van der Waals surface area (Å²) in [6.07, 6.45) is 9.48. The Morgan fingerprint density at radius 3 is 3.00 bits per heavy atom. The van der Waals surface area contributed by atoms with E-state index >= 15 is 0 Å². The van der Waals surface area contributed by atoms with Crippen LogP contribution in [-0.4, -0.2) is 39.6 Å². The normalized spacial score (nSPS) is 17.8. The SMILES string of the molecule is c1cncc(-c2cc3nccnc3c(NCC3CCCNC3)n2)c1. The molecule has 1 aliphatic heterocycles. The molecular weight excluding hydrogens is 300 g/mol. The average Bonchev–Trinajstić information content (AvgIpc) is 2.67. The number of anilines is 1. The van der Waals surface area contributed by atoms with Crippen LogP contribution >= 0.6 is 0 Å². The van der Waals surface area contributed by atoms with Gasteiger partial charge in [0.1, 0.15) is 5.52 Å². The third kappa shape index (κ3) is 3.19. The molecule has 6 heteroatoms. The number of pyridine rings is 2. The minimum atomic E-state index is 0.620. The summed E-state index contributed by atoms with van der Waals surface area (Å²) in [7, 11) is 0. The Hall–Kier alpha value is -2.60. The van der Waals surface area contributed by atoms with Gasteiger partial charge >= 0.3 is 0 Å². The zero-order chi connectivity index (χ0) is 16.2. The molecule has 122 valence electrons. The number of fused-ring (bicyclic) bond motifs is 1. The number of hydrogen-bond donors (Lipinski definition) is 2. The Morgan fingerprint density at radius 2 is 2.17 bits per heavy atom. The van der Waals surface area contributed by atoms with Crippen LogP contribution in [0.1, 0.15) is 12.8 Å². The van der Waals surface area contributed by atoms with E-state index in [4.69, 9.17) is 4.98 Å². The standard InChI is InChI=1S/C18H20N6/c1-3-13(10-19-5-1)11-23-18-17-16(21-7-8-22-17)9-15(24-18)14-4-2-6-20-12-14/h2,4,6-9,12-13,19H,1,3,5,10-11H2,(H,23,24). The van der Waals surface area contributed by atoms with Gasteiger partial charge in [-0.3, -0.25) is 9.97 Å². The van der Waals surface area contributed by atoms with Crippen LogP contribution < -0.4 is 10.6 Å². The van der Waals surface area contributed by atoms with Crippen molar-refractivity contribution in [1.29, 1.82) is 0 Å². The molecule has 3 aromatic rings. The van der Waals surface area contributed by atoms with Crippen molar-refractivity contribution in [3.05, 3.63) is 43.0 Å². The summed E-state index contributed by atoms with van der Waals surface area (Å²) < 4.78 is 0. The molecule has 0 spiro atoms. The maximum Gasteiger partial charge on any atom is 0.154 e. The monoisotopic (exact) mass is 320 g/mol. The summed E-state index contributed by atoms with van der Waals surface area (Å²) in [5, 5.41) is 6.94. The maximum absolute atomic E-state index is 4.78. The zero-order valence-electron chi connectivity index (χ0n) is 13.4. The fraction of sp³-hybridized carbons (Fsp3) is 0.333. The third-order valence-electron chi connectivity index (χ3n) is 4.37. The summed E-state index contributed by atoms with van der Waals surface area (Å²) in [5.41, 5.74) is 3.50. The van der Waals surface area contributed by atoms with Crippen molar-refractivity contribution in [2.45, 2.75) is 12.8 Å². The number of nitrogens with zero attached hydrogens (tertiary/aromatic N) is 4. The minimum Gasteiger partial charge on any atom is -0.368 e. The molecule has 0 aromatic carbocycles. The molecule has 0 amide bonds. The first-order valence-electron chi connectivity index (χ1n) is 8.37. The molecule has 4 heterocycles. The lowest BCUT2D eigenvalue weighted by molar-refractivity contribution is 0.392. The first kappa shape index (κ1) is 15.0. The van der Waals surface area contributed by atoms with Gasteiger partial charge in [-0.15, -0.1) is 0 Å². The van der Waals surface area contributed by atoms with E-state index in [1.807, 2.05) is 24.4 Å². The molecule has 0 saturated carbocycles. The molecule has 24 heavy (non-hydrogen) atoms. The lowest BCUT2D eigenvalue weighted by Gasteiger charge is -2.23. The largest absolute Gasteiger partial charge is 0.368 e. The van der Waals surface area contributed by atoms with Crippen molar-refractivity contribution < 1.29 is 0 Å². The van der Waals surface area contributed by atoms with E-state index in [2.05, 4.69) is 25.6 Å². The predicted molar refractivity (Wildman–Crippen MR) is 94.6 cm³/mol. The number of hydrogen-bond acceptors (Lipinski definition) is 6. The summed E-state index contributed by atoms with van der Waals surface area (Å²) in [6.45, 7) is 3.07. The quantitative estimate of drug-likeness (QED) is 0.769. The van der Waals surface area contributed by atoms with Gasteiger partial charge in [-0.1, -0.05) is 0 Å². The molecule has 0 radical (unpaired) electrons. The lowest BCUT2D eigenvalue weighted by Crippen LogP contribution is -2.33. The Kier molecular flexibility index (Phi) is 4.29. The van der Waals surface area contributed by atoms with Gasteiger partial charge < -0.3 is 10.6 Å². The van der Waals surface area contributed by atoms with Crippen LogP contribution in [0.2, 0.25) is 0 Å². The fourth-order valence-electron chi connectivity index (χ4n) is 3.10. The average molecular weight is 320 g/mol. The van der Waals surface area contributed by atoms with Crippen LogP contribution in [0.3, 0.4) is 0 Å². The van der Waals surface area contributed by atoms with E-state index in [1.54, 1.807) is 18.6 Å². The van der Waals surface area contributed by atoms with E-state index < -0.39 is 0 Å². The highest BCUT2D eigenvalue weighted by Gasteiger charge is 2.15. The van der Waals surface area contributed by atoms with Gasteiger partial charge in [0, 0.05) is 36.9 Å². The van der Waals surface area contributed by atoms with Crippen molar-refractivity contribution in [1.82, 2.24) is 25.3 Å². The van der Waals surface area contributed by atoms with Crippen LogP contribution in [0.5, 0.6) is 0 Å². The highest BCUT2D eigenvalue weighted by molar-refractivity contribution is 5.88. The Bertz CT molecular complexity index is 814. The van der Waals surface area contributed by atoms with Gasteiger partial charge in [-0.2, -0.15) is 0 Å². The van der Waals surface area contributed by atoms with E-state index in [1.165, 1.54) is 12.8 Å². The molecule has 1 atom stereocenters. The van der Waals surface area contributed by atoms with Crippen molar-refractivity contribution in [2.24, 2.45) is 5.92 Å². The van der Waals surface area contributed by atoms with Crippen molar-refractivity contribution in [2.75, 3.05) is 25.0 Å². The highest BCUT2D eigenvalue weighted by atomic mass is 15.0. The number of aromatic nitrogens is 4. The second kappa shape index (κ2) is 6.88. The Morgan fingerprint density at radius 1 is 1.21 bits per heavy atom. The Labute approximate surface area is 140 Å². The molecule has 3 aromatic heterocycles. The first-order chi connectivity index (χ1) is 11.9. The van der Waals surface area contributed by atoms with Crippen molar-refractivity contribution in [3.63, 3.8) is 0 Å². The van der Waals surface area contributed by atoms with Crippen LogP contribution in [-0.2, 0) is 0 Å². The van der Waals surface area contributed by atoms with Crippen LogP contribution in [0.25, 0.3) is 22.3 Å². The molecule has 0 aliphatic carbocycles. The molecule has 0 bridgehead atoms. The van der Waals surface area contributed by atoms with Gasteiger partial charge in [-0.25, -0.2) is 9.97 Å². The topological polar surface area (TPSA) is 75.6 Å². The molecule has 1 unspecified atom stereocenters. The summed E-state index contributed by atoms with van der Waals surface area (Å²) in [4.78, 5) is 17.9. The van der Waals surface area contributed by atoms with E-state index in [0.29, 0.717) is 5.92 Å². The molecule has 1 saturated heterocycles. The summed E-state index contributed by atoms with van der Waals surface area (Å²) in [5.74, 6) is 1.42. The lowest BCUT2D eigenvalue weighted by atomic mass is 10.00. The number of rotatable bonds is 4. The fourth-order valence-corrected chi connectivity index (χ4v) is 3.10. The van der Waals surface area contributed by atoms with E-state index in [-0.39, 0.29) is 0 Å². The number of piperidine rings is 1. The Balaban J connectivity index is 1.67. The van der Waals surface area contributed by atoms with Crippen LogP contribution in [0.4, 0.5) is 5.82 Å². The summed E-state index contributed by atoms with van der Waals surface area (Å²) >= 11 is 0. The molecule has 4 rings (SSSR count). The third-order valence-corrected chi connectivity index (χ3v) is 4.37. The first-order valence-corrected chi connectivity index (χ1v) is 8.37. The second-order valence-corrected chi connectivity index (χ2v) is 6.12. The highest BCUT2D eigenvalue weighted by Crippen LogP contribution is 2.25. The minimum absolute atomic E-state index is 0.620. The van der Waals surface area contributed by atoms with Crippen molar-refractivity contribution >= 4 is 16.9 Å². The molecule has 2 N–H and O–H groups in total. The zero-order valence-corrected chi connectivity index (χ0v) is 13.4. The van der Waals surface area contributed by atoms with Gasteiger partial charge in [0.05, 0.1) is 11.2 Å². The smallest absolute Gasteiger partial charge is 0.154 e.